The van der Waals surface area contributed by atoms with E-state index in [9.17, 15) is 4.79 Å². The average Bonchev–Trinajstić information content (AvgIpc) is 2.83. The lowest BCUT2D eigenvalue weighted by atomic mass is 10.2. The van der Waals surface area contributed by atoms with Crippen LogP contribution in [0.2, 0.25) is 0 Å². The second-order valence-electron chi connectivity index (χ2n) is 4.68. The zero-order chi connectivity index (χ0) is 15.1. The fraction of sp³-hybridized carbons (Fsp3) is 0.438. The molecule has 21 heavy (non-hydrogen) atoms. The van der Waals surface area contributed by atoms with Gasteiger partial charge in [0.15, 0.2) is 0 Å². The molecular formula is C16H20O5. The third-order valence-electron chi connectivity index (χ3n) is 2.91. The van der Waals surface area contributed by atoms with E-state index in [1.165, 1.54) is 6.92 Å². The van der Waals surface area contributed by atoms with Crippen molar-refractivity contribution in [2.24, 2.45) is 0 Å². The molecule has 0 spiro atoms. The molecule has 2 rings (SSSR count). The number of carbonyl (C=O) groups is 1. The Bertz CT molecular complexity index is 485. The van der Waals surface area contributed by atoms with E-state index in [2.05, 4.69) is 0 Å². The summed E-state index contributed by atoms with van der Waals surface area (Å²) in [7, 11) is 0. The first-order valence-corrected chi connectivity index (χ1v) is 6.93. The second kappa shape index (κ2) is 7.36. The molecule has 5 nitrogen and oxygen atoms in total. The molecule has 0 bridgehead atoms. The number of ether oxygens (including phenoxy) is 4. The van der Waals surface area contributed by atoms with Crippen LogP contribution in [0.3, 0.4) is 0 Å². The number of hydrogen-bond acceptors (Lipinski definition) is 5. The molecule has 0 saturated heterocycles. The van der Waals surface area contributed by atoms with Crippen LogP contribution < -0.4 is 0 Å². The zero-order valence-electron chi connectivity index (χ0n) is 12.3. The third kappa shape index (κ3) is 4.67. The van der Waals surface area contributed by atoms with Crippen molar-refractivity contribution in [1.82, 2.24) is 0 Å². The van der Waals surface area contributed by atoms with Crippen LogP contribution in [0.4, 0.5) is 0 Å². The Labute approximate surface area is 124 Å². The van der Waals surface area contributed by atoms with Gasteiger partial charge in [0.25, 0.3) is 0 Å². The Morgan fingerprint density at radius 2 is 2.10 bits per heavy atom. The third-order valence-corrected chi connectivity index (χ3v) is 2.91. The van der Waals surface area contributed by atoms with Gasteiger partial charge in [-0.25, -0.2) is 0 Å². The van der Waals surface area contributed by atoms with Gasteiger partial charge >= 0.3 is 5.97 Å². The summed E-state index contributed by atoms with van der Waals surface area (Å²) < 4.78 is 21.9. The lowest BCUT2D eigenvalue weighted by Crippen LogP contribution is -2.39. The van der Waals surface area contributed by atoms with Crippen molar-refractivity contribution in [3.8, 4) is 0 Å². The molecular weight excluding hydrogens is 272 g/mol. The van der Waals surface area contributed by atoms with Gasteiger partial charge in [-0.05, 0) is 24.6 Å². The van der Waals surface area contributed by atoms with Crippen molar-refractivity contribution in [1.29, 1.82) is 0 Å². The number of benzene rings is 1. The number of carbonyl (C=O) groups excluding carboxylic acids is 1. The van der Waals surface area contributed by atoms with E-state index < -0.39 is 18.0 Å². The van der Waals surface area contributed by atoms with E-state index in [0.717, 1.165) is 5.56 Å². The zero-order valence-corrected chi connectivity index (χ0v) is 12.3. The topological polar surface area (TPSA) is 54.0 Å². The summed E-state index contributed by atoms with van der Waals surface area (Å²) in [6.07, 6.45) is 2.66. The molecule has 5 heteroatoms. The molecule has 0 aromatic heterocycles. The summed E-state index contributed by atoms with van der Waals surface area (Å²) in [4.78, 5) is 11.0. The minimum atomic E-state index is -0.996. The van der Waals surface area contributed by atoms with Gasteiger partial charge in [0.05, 0.1) is 6.61 Å². The molecule has 1 heterocycles. The largest absolute Gasteiger partial charge is 0.432 e. The molecule has 0 saturated carbocycles. The van der Waals surface area contributed by atoms with Crippen molar-refractivity contribution in [3.05, 3.63) is 48.0 Å². The minimum absolute atomic E-state index is 0.226. The summed E-state index contributed by atoms with van der Waals surface area (Å²) in [5.74, 6) is -1.40. The maximum Gasteiger partial charge on any atom is 0.305 e. The summed E-state index contributed by atoms with van der Waals surface area (Å²) in [6, 6.07) is 9.85. The maximum atomic E-state index is 11.0. The van der Waals surface area contributed by atoms with Gasteiger partial charge in [0.2, 0.25) is 12.1 Å². The molecule has 0 amide bonds. The highest BCUT2D eigenvalue weighted by atomic mass is 16.8. The lowest BCUT2D eigenvalue weighted by molar-refractivity contribution is -0.269. The Morgan fingerprint density at radius 1 is 1.33 bits per heavy atom. The van der Waals surface area contributed by atoms with Crippen molar-refractivity contribution in [3.63, 3.8) is 0 Å². The van der Waals surface area contributed by atoms with Gasteiger partial charge in [-0.15, -0.1) is 0 Å². The number of hydrogen-bond donors (Lipinski definition) is 0. The van der Waals surface area contributed by atoms with Gasteiger partial charge in [-0.2, -0.15) is 0 Å². The second-order valence-corrected chi connectivity index (χ2v) is 4.68. The first-order valence-electron chi connectivity index (χ1n) is 6.93. The number of esters is 1. The van der Waals surface area contributed by atoms with Gasteiger partial charge in [0, 0.05) is 13.5 Å². The Hall–Kier alpha value is -1.69. The van der Waals surface area contributed by atoms with Gasteiger partial charge in [-0.1, -0.05) is 30.3 Å². The molecule has 1 aliphatic heterocycles. The first kappa shape index (κ1) is 15.7. The van der Waals surface area contributed by atoms with E-state index >= 15 is 0 Å². The number of rotatable bonds is 7. The van der Waals surface area contributed by atoms with Crippen molar-refractivity contribution in [2.45, 2.75) is 32.5 Å². The quantitative estimate of drug-likeness (QED) is 0.570. The van der Waals surface area contributed by atoms with E-state index in [1.807, 2.05) is 37.3 Å². The summed E-state index contributed by atoms with van der Waals surface area (Å²) in [5, 5.41) is 0. The monoisotopic (exact) mass is 292 g/mol. The van der Waals surface area contributed by atoms with Gasteiger partial charge in [-0.3, -0.25) is 4.79 Å². The molecule has 1 aliphatic rings. The normalized spacial score (nSPS) is 24.2. The molecule has 114 valence electrons. The smallest absolute Gasteiger partial charge is 0.305 e. The van der Waals surface area contributed by atoms with Crippen LogP contribution in [0, 0.1) is 0 Å². The Morgan fingerprint density at radius 3 is 2.76 bits per heavy atom. The average molecular weight is 292 g/mol. The van der Waals surface area contributed by atoms with Crippen LogP contribution in [0.5, 0.6) is 0 Å². The molecule has 0 aliphatic carbocycles. The van der Waals surface area contributed by atoms with E-state index in [4.69, 9.17) is 18.9 Å². The van der Waals surface area contributed by atoms with Crippen LogP contribution in [-0.2, 0) is 30.3 Å². The highest BCUT2D eigenvalue weighted by Crippen LogP contribution is 2.26. The predicted octanol–water partition coefficient (Wildman–Crippen LogP) is 2.41. The van der Waals surface area contributed by atoms with Gasteiger partial charge < -0.3 is 18.9 Å². The molecule has 1 aromatic carbocycles. The summed E-state index contributed by atoms with van der Waals surface area (Å²) in [6.45, 7) is 4.36. The fourth-order valence-electron chi connectivity index (χ4n) is 2.06. The summed E-state index contributed by atoms with van der Waals surface area (Å²) >= 11 is 0. The van der Waals surface area contributed by atoms with Crippen LogP contribution in [0.15, 0.2) is 42.5 Å². The highest BCUT2D eigenvalue weighted by Gasteiger charge is 2.38. The molecule has 2 atom stereocenters. The van der Waals surface area contributed by atoms with Crippen LogP contribution in [-0.4, -0.2) is 31.3 Å². The molecule has 0 fully saturated rings. The standard InChI is InChI=1S/C16H20O5/c1-3-19-16(10-9-15(21-16)20-13(2)17)12-18-11-14-7-5-4-6-8-14/h4-10,15H,3,11-12H2,1-2H3/t15?,16-/m0/s1. The van der Waals surface area contributed by atoms with Crippen molar-refractivity contribution >= 4 is 5.97 Å². The first-order chi connectivity index (χ1) is 10.1. The van der Waals surface area contributed by atoms with Crippen LogP contribution in [0.25, 0.3) is 0 Å². The highest BCUT2D eigenvalue weighted by molar-refractivity contribution is 5.66. The predicted molar refractivity (Wildman–Crippen MR) is 76.2 cm³/mol. The Kier molecular flexibility index (Phi) is 5.50. The molecule has 1 unspecified atom stereocenters. The van der Waals surface area contributed by atoms with Gasteiger partial charge in [0.1, 0.15) is 6.61 Å². The molecule has 0 N–H and O–H groups in total. The van der Waals surface area contributed by atoms with E-state index in [0.29, 0.717) is 13.2 Å². The molecule has 0 radical (unpaired) electrons. The lowest BCUT2D eigenvalue weighted by Gasteiger charge is -2.28. The SMILES string of the molecule is CCO[C@@]1(COCc2ccccc2)C=CC(OC(C)=O)O1. The van der Waals surface area contributed by atoms with E-state index in [1.54, 1.807) is 12.2 Å². The van der Waals surface area contributed by atoms with Crippen molar-refractivity contribution < 1.29 is 23.7 Å². The van der Waals surface area contributed by atoms with Crippen LogP contribution >= 0.6 is 0 Å². The summed E-state index contributed by atoms with van der Waals surface area (Å²) in [5.41, 5.74) is 1.07. The van der Waals surface area contributed by atoms with E-state index in [-0.39, 0.29) is 6.61 Å². The molecule has 1 aromatic rings. The maximum absolute atomic E-state index is 11.0. The Balaban J connectivity index is 1.88. The minimum Gasteiger partial charge on any atom is -0.432 e. The van der Waals surface area contributed by atoms with Crippen LogP contribution in [0.1, 0.15) is 19.4 Å². The van der Waals surface area contributed by atoms with Crippen molar-refractivity contribution in [2.75, 3.05) is 13.2 Å². The fourth-order valence-corrected chi connectivity index (χ4v) is 2.06.